The molecule has 0 aliphatic carbocycles. The lowest BCUT2D eigenvalue weighted by Gasteiger charge is -2.08. The largest absolute Gasteiger partial charge is 0.271 e. The lowest BCUT2D eigenvalue weighted by atomic mass is 10.2. The molecule has 0 radical (unpaired) electrons. The lowest BCUT2D eigenvalue weighted by Crippen LogP contribution is -2.28. The molecule has 0 amide bonds. The number of benzene rings is 1. The zero-order chi connectivity index (χ0) is 15.5. The summed E-state index contributed by atoms with van der Waals surface area (Å²) in [6.45, 7) is 2.30. The zero-order valence-corrected chi connectivity index (χ0v) is 12.1. The minimum atomic E-state index is -3.94. The maximum Gasteiger partial charge on any atom is 0.242 e. The maximum absolute atomic E-state index is 13.4. The van der Waals surface area contributed by atoms with Crippen molar-refractivity contribution in [1.29, 1.82) is 5.26 Å². The van der Waals surface area contributed by atoms with Gasteiger partial charge in [-0.25, -0.2) is 17.5 Å². The standard InChI is InChI=1S/C13H13FN4O2S/c1-10-8-16-18(9-10)6-5-17-21(19,20)13-4-2-3-12(14)11(13)7-15/h2-4,8-9,17H,5-6H2,1H3. The Kier molecular flexibility index (Phi) is 4.35. The van der Waals surface area contributed by atoms with Crippen LogP contribution < -0.4 is 4.72 Å². The van der Waals surface area contributed by atoms with Gasteiger partial charge in [0.25, 0.3) is 0 Å². The van der Waals surface area contributed by atoms with E-state index in [1.165, 1.54) is 12.1 Å². The molecule has 21 heavy (non-hydrogen) atoms. The van der Waals surface area contributed by atoms with Gasteiger partial charge in [0, 0.05) is 12.7 Å². The molecule has 0 atom stereocenters. The maximum atomic E-state index is 13.4. The molecule has 0 aliphatic rings. The van der Waals surface area contributed by atoms with Crippen molar-refractivity contribution in [2.24, 2.45) is 0 Å². The summed E-state index contributed by atoms with van der Waals surface area (Å²) in [6, 6.07) is 5.06. The number of rotatable bonds is 5. The van der Waals surface area contributed by atoms with Crippen molar-refractivity contribution < 1.29 is 12.8 Å². The van der Waals surface area contributed by atoms with E-state index in [1.54, 1.807) is 23.1 Å². The summed E-state index contributed by atoms with van der Waals surface area (Å²) in [5.41, 5.74) is 0.481. The second kappa shape index (κ2) is 6.03. The van der Waals surface area contributed by atoms with Crippen LogP contribution in [0, 0.1) is 24.1 Å². The molecule has 1 aromatic carbocycles. The highest BCUT2D eigenvalue weighted by molar-refractivity contribution is 7.89. The molecule has 1 aromatic heterocycles. The predicted molar refractivity (Wildman–Crippen MR) is 73.3 cm³/mol. The quantitative estimate of drug-likeness (QED) is 0.898. The Labute approximate surface area is 121 Å². The minimum absolute atomic E-state index is 0.0881. The monoisotopic (exact) mass is 308 g/mol. The molecule has 2 aromatic rings. The van der Waals surface area contributed by atoms with Crippen molar-refractivity contribution in [2.75, 3.05) is 6.54 Å². The minimum Gasteiger partial charge on any atom is -0.271 e. The Bertz CT molecular complexity index is 793. The van der Waals surface area contributed by atoms with Crippen LogP contribution in [0.5, 0.6) is 0 Å². The number of hydrogen-bond acceptors (Lipinski definition) is 4. The molecule has 0 fully saturated rings. The number of aromatic nitrogens is 2. The molecule has 0 unspecified atom stereocenters. The van der Waals surface area contributed by atoms with E-state index in [4.69, 9.17) is 5.26 Å². The Hall–Kier alpha value is -2.24. The molecule has 8 heteroatoms. The Balaban J connectivity index is 2.12. The fourth-order valence-corrected chi connectivity index (χ4v) is 2.98. The van der Waals surface area contributed by atoms with E-state index >= 15 is 0 Å². The van der Waals surface area contributed by atoms with Gasteiger partial charge in [-0.1, -0.05) is 6.07 Å². The van der Waals surface area contributed by atoms with Crippen LogP contribution in [0.25, 0.3) is 0 Å². The summed E-state index contributed by atoms with van der Waals surface area (Å²) in [5, 5.41) is 12.9. The molecule has 0 saturated heterocycles. The van der Waals surface area contributed by atoms with E-state index in [0.29, 0.717) is 6.54 Å². The van der Waals surface area contributed by atoms with Gasteiger partial charge in [-0.2, -0.15) is 10.4 Å². The predicted octanol–water partition coefficient (Wildman–Crippen LogP) is 1.18. The first-order valence-electron chi connectivity index (χ1n) is 6.11. The summed E-state index contributed by atoms with van der Waals surface area (Å²) in [7, 11) is -3.94. The fourth-order valence-electron chi connectivity index (χ4n) is 1.80. The molecule has 1 N–H and O–H groups in total. The second-order valence-electron chi connectivity index (χ2n) is 4.40. The van der Waals surface area contributed by atoms with Gasteiger partial charge in [0.1, 0.15) is 22.3 Å². The number of hydrogen-bond donors (Lipinski definition) is 1. The summed E-state index contributed by atoms with van der Waals surface area (Å²) in [6.07, 6.45) is 3.44. The van der Waals surface area contributed by atoms with Crippen LogP contribution in [0.1, 0.15) is 11.1 Å². The highest BCUT2D eigenvalue weighted by atomic mass is 32.2. The van der Waals surface area contributed by atoms with Gasteiger partial charge < -0.3 is 0 Å². The highest BCUT2D eigenvalue weighted by Gasteiger charge is 2.20. The van der Waals surface area contributed by atoms with Gasteiger partial charge in [0.15, 0.2) is 0 Å². The van der Waals surface area contributed by atoms with Crippen molar-refractivity contribution in [2.45, 2.75) is 18.4 Å². The van der Waals surface area contributed by atoms with E-state index in [2.05, 4.69) is 9.82 Å². The number of aryl methyl sites for hydroxylation is 1. The van der Waals surface area contributed by atoms with Crippen LogP contribution >= 0.6 is 0 Å². The summed E-state index contributed by atoms with van der Waals surface area (Å²) < 4.78 is 41.6. The first-order valence-corrected chi connectivity index (χ1v) is 7.59. The molecule has 6 nitrogen and oxygen atoms in total. The molecular formula is C13H13FN4O2S. The highest BCUT2D eigenvalue weighted by Crippen LogP contribution is 2.17. The number of nitrogens with one attached hydrogen (secondary N) is 1. The molecule has 2 rings (SSSR count). The molecule has 0 aliphatic heterocycles. The van der Waals surface area contributed by atoms with Crippen molar-refractivity contribution in [3.63, 3.8) is 0 Å². The first-order chi connectivity index (χ1) is 9.94. The van der Waals surface area contributed by atoms with Crippen molar-refractivity contribution in [3.05, 3.63) is 47.5 Å². The van der Waals surface area contributed by atoms with Crippen molar-refractivity contribution >= 4 is 10.0 Å². The number of nitrogens with zero attached hydrogens (tertiary/aromatic N) is 3. The van der Waals surface area contributed by atoms with E-state index in [0.717, 1.165) is 11.6 Å². The number of halogens is 1. The fraction of sp³-hybridized carbons (Fsp3) is 0.231. The number of sulfonamides is 1. The van der Waals surface area contributed by atoms with Gasteiger partial charge in [-0.3, -0.25) is 4.68 Å². The topological polar surface area (TPSA) is 87.8 Å². The van der Waals surface area contributed by atoms with Crippen LogP contribution in [0.4, 0.5) is 4.39 Å². The van der Waals surface area contributed by atoms with E-state index in [9.17, 15) is 12.8 Å². The SMILES string of the molecule is Cc1cnn(CCNS(=O)(=O)c2cccc(F)c2C#N)c1. The Morgan fingerprint density at radius 1 is 1.48 bits per heavy atom. The summed E-state index contributed by atoms with van der Waals surface area (Å²) in [5.74, 6) is -0.858. The van der Waals surface area contributed by atoms with Gasteiger partial charge in [-0.05, 0) is 24.6 Å². The smallest absolute Gasteiger partial charge is 0.242 e. The van der Waals surface area contributed by atoms with Crippen molar-refractivity contribution in [3.8, 4) is 6.07 Å². The van der Waals surface area contributed by atoms with Crippen LogP contribution in [-0.2, 0) is 16.6 Å². The van der Waals surface area contributed by atoms with Gasteiger partial charge in [0.05, 0.1) is 12.7 Å². The molecular weight excluding hydrogens is 295 g/mol. The normalized spacial score (nSPS) is 11.3. The third kappa shape index (κ3) is 3.45. The van der Waals surface area contributed by atoms with E-state index < -0.39 is 21.4 Å². The molecule has 0 spiro atoms. The van der Waals surface area contributed by atoms with Gasteiger partial charge in [0.2, 0.25) is 10.0 Å². The average molecular weight is 308 g/mol. The summed E-state index contributed by atoms with van der Waals surface area (Å²) in [4.78, 5) is -0.360. The third-order valence-electron chi connectivity index (χ3n) is 2.77. The van der Waals surface area contributed by atoms with Crippen LogP contribution in [0.3, 0.4) is 0 Å². The second-order valence-corrected chi connectivity index (χ2v) is 6.14. The van der Waals surface area contributed by atoms with Crippen LogP contribution in [0.15, 0.2) is 35.5 Å². The van der Waals surface area contributed by atoms with Gasteiger partial charge >= 0.3 is 0 Å². The Morgan fingerprint density at radius 3 is 2.86 bits per heavy atom. The summed E-state index contributed by atoms with van der Waals surface area (Å²) >= 11 is 0. The molecule has 1 heterocycles. The molecule has 0 bridgehead atoms. The van der Waals surface area contributed by atoms with Crippen LogP contribution in [0.2, 0.25) is 0 Å². The van der Waals surface area contributed by atoms with E-state index in [1.807, 2.05) is 6.92 Å². The van der Waals surface area contributed by atoms with E-state index in [-0.39, 0.29) is 11.4 Å². The average Bonchev–Trinajstić information content (AvgIpc) is 2.84. The van der Waals surface area contributed by atoms with Crippen LogP contribution in [-0.4, -0.2) is 24.7 Å². The van der Waals surface area contributed by atoms with Gasteiger partial charge in [-0.15, -0.1) is 0 Å². The number of nitriles is 1. The molecule has 0 saturated carbocycles. The molecule has 110 valence electrons. The van der Waals surface area contributed by atoms with Crippen molar-refractivity contribution in [1.82, 2.24) is 14.5 Å². The Morgan fingerprint density at radius 2 is 2.24 bits per heavy atom. The lowest BCUT2D eigenvalue weighted by molar-refractivity contribution is 0.558. The zero-order valence-electron chi connectivity index (χ0n) is 11.2. The first kappa shape index (κ1) is 15.2. The third-order valence-corrected chi connectivity index (χ3v) is 4.28.